The SMILES string of the molecule is CCN(Cc1ccccc1)C(=O)c1cc(NCc2ccco2)nc(C)n1. The molecule has 2 heterocycles. The predicted molar refractivity (Wildman–Crippen MR) is 99.7 cm³/mol. The number of anilines is 1. The summed E-state index contributed by atoms with van der Waals surface area (Å²) >= 11 is 0. The first kappa shape index (κ1) is 17.7. The molecular weight excluding hydrogens is 328 g/mol. The zero-order chi connectivity index (χ0) is 18.4. The predicted octanol–water partition coefficient (Wildman–Crippen LogP) is 3.65. The van der Waals surface area contributed by atoms with Crippen molar-refractivity contribution >= 4 is 11.7 Å². The lowest BCUT2D eigenvalue weighted by Gasteiger charge is -2.21. The monoisotopic (exact) mass is 350 g/mol. The molecule has 0 aliphatic heterocycles. The molecule has 0 unspecified atom stereocenters. The molecule has 6 heteroatoms. The molecule has 0 bridgehead atoms. The van der Waals surface area contributed by atoms with Gasteiger partial charge in [0.2, 0.25) is 0 Å². The van der Waals surface area contributed by atoms with Gasteiger partial charge in [-0.05, 0) is 31.5 Å². The van der Waals surface area contributed by atoms with Crippen molar-refractivity contribution in [1.29, 1.82) is 0 Å². The van der Waals surface area contributed by atoms with Crippen LogP contribution in [0.2, 0.25) is 0 Å². The molecule has 1 aromatic carbocycles. The Kier molecular flexibility index (Phi) is 5.63. The number of benzene rings is 1. The van der Waals surface area contributed by atoms with Crippen molar-refractivity contribution in [3.63, 3.8) is 0 Å². The van der Waals surface area contributed by atoms with Crippen LogP contribution in [0.25, 0.3) is 0 Å². The van der Waals surface area contributed by atoms with E-state index < -0.39 is 0 Å². The molecule has 3 aromatic rings. The number of aromatic nitrogens is 2. The number of aryl methyl sites for hydroxylation is 1. The first-order valence-corrected chi connectivity index (χ1v) is 8.61. The smallest absolute Gasteiger partial charge is 0.272 e. The molecule has 0 spiro atoms. The number of nitrogens with one attached hydrogen (secondary N) is 1. The topological polar surface area (TPSA) is 71.3 Å². The van der Waals surface area contributed by atoms with Gasteiger partial charge < -0.3 is 14.6 Å². The van der Waals surface area contributed by atoms with Crippen LogP contribution in [0.4, 0.5) is 5.82 Å². The number of carbonyl (C=O) groups excluding carboxylic acids is 1. The second-order valence-electron chi connectivity index (χ2n) is 5.92. The molecule has 26 heavy (non-hydrogen) atoms. The number of furan rings is 1. The van der Waals surface area contributed by atoms with Gasteiger partial charge in [-0.3, -0.25) is 4.79 Å². The molecule has 0 aliphatic rings. The summed E-state index contributed by atoms with van der Waals surface area (Å²) in [7, 11) is 0. The van der Waals surface area contributed by atoms with E-state index in [1.165, 1.54) is 0 Å². The molecule has 6 nitrogen and oxygen atoms in total. The highest BCUT2D eigenvalue weighted by atomic mass is 16.3. The van der Waals surface area contributed by atoms with Crippen LogP contribution >= 0.6 is 0 Å². The van der Waals surface area contributed by atoms with E-state index in [0.717, 1.165) is 11.3 Å². The van der Waals surface area contributed by atoms with E-state index in [1.54, 1.807) is 24.2 Å². The zero-order valence-corrected chi connectivity index (χ0v) is 15.0. The third-order valence-corrected chi connectivity index (χ3v) is 3.97. The third-order valence-electron chi connectivity index (χ3n) is 3.97. The molecule has 0 radical (unpaired) electrons. The Morgan fingerprint density at radius 1 is 1.15 bits per heavy atom. The second kappa shape index (κ2) is 8.29. The standard InChI is InChI=1S/C20H22N4O2/c1-3-24(14-16-8-5-4-6-9-16)20(25)18-12-19(23-15(2)22-18)21-13-17-10-7-11-26-17/h4-12H,3,13-14H2,1-2H3,(H,21,22,23). The summed E-state index contributed by atoms with van der Waals surface area (Å²) in [5, 5.41) is 3.17. The van der Waals surface area contributed by atoms with E-state index in [4.69, 9.17) is 4.42 Å². The lowest BCUT2D eigenvalue weighted by Crippen LogP contribution is -2.31. The summed E-state index contributed by atoms with van der Waals surface area (Å²) in [5.41, 5.74) is 1.47. The van der Waals surface area contributed by atoms with Crippen LogP contribution in [0.5, 0.6) is 0 Å². The van der Waals surface area contributed by atoms with Gasteiger partial charge in [0.05, 0.1) is 12.8 Å². The zero-order valence-electron chi connectivity index (χ0n) is 15.0. The third kappa shape index (κ3) is 4.47. The molecule has 134 valence electrons. The highest BCUT2D eigenvalue weighted by Crippen LogP contribution is 2.13. The summed E-state index contributed by atoms with van der Waals surface area (Å²) in [5.74, 6) is 1.85. The Hall–Kier alpha value is -3.15. The van der Waals surface area contributed by atoms with Crippen molar-refractivity contribution in [2.45, 2.75) is 26.9 Å². The van der Waals surface area contributed by atoms with Crippen LogP contribution in [-0.4, -0.2) is 27.3 Å². The summed E-state index contributed by atoms with van der Waals surface area (Å²) in [6, 6.07) is 15.3. The van der Waals surface area contributed by atoms with Crippen LogP contribution in [0.15, 0.2) is 59.2 Å². The highest BCUT2D eigenvalue weighted by Gasteiger charge is 2.17. The molecule has 2 aromatic heterocycles. The van der Waals surface area contributed by atoms with Crippen LogP contribution < -0.4 is 5.32 Å². The summed E-state index contributed by atoms with van der Waals surface area (Å²) in [4.78, 5) is 23.4. The maximum atomic E-state index is 12.9. The number of hydrogen-bond donors (Lipinski definition) is 1. The van der Waals surface area contributed by atoms with Crippen molar-refractivity contribution in [1.82, 2.24) is 14.9 Å². The van der Waals surface area contributed by atoms with Crippen LogP contribution in [0.3, 0.4) is 0 Å². The molecular formula is C20H22N4O2. The summed E-state index contributed by atoms with van der Waals surface area (Å²) < 4.78 is 5.30. The van der Waals surface area contributed by atoms with E-state index in [2.05, 4.69) is 15.3 Å². The number of carbonyl (C=O) groups is 1. The van der Waals surface area contributed by atoms with Crippen LogP contribution in [0, 0.1) is 6.92 Å². The molecule has 0 aliphatic carbocycles. The second-order valence-corrected chi connectivity index (χ2v) is 5.92. The van der Waals surface area contributed by atoms with Crippen molar-refractivity contribution in [3.8, 4) is 0 Å². The molecule has 0 saturated heterocycles. The van der Waals surface area contributed by atoms with Gasteiger partial charge >= 0.3 is 0 Å². The maximum Gasteiger partial charge on any atom is 0.272 e. The molecule has 0 atom stereocenters. The Balaban J connectivity index is 1.74. The quantitative estimate of drug-likeness (QED) is 0.704. The average molecular weight is 350 g/mol. The van der Waals surface area contributed by atoms with Crippen molar-refractivity contribution in [2.75, 3.05) is 11.9 Å². The van der Waals surface area contributed by atoms with E-state index >= 15 is 0 Å². The fourth-order valence-corrected chi connectivity index (χ4v) is 2.65. The summed E-state index contributed by atoms with van der Waals surface area (Å²) in [6.45, 7) is 5.40. The van der Waals surface area contributed by atoms with Crippen LogP contribution in [-0.2, 0) is 13.1 Å². The van der Waals surface area contributed by atoms with Gasteiger partial charge in [0.15, 0.2) is 0 Å². The van der Waals surface area contributed by atoms with Gasteiger partial charge in [0, 0.05) is 19.2 Å². The van der Waals surface area contributed by atoms with Crippen molar-refractivity contribution in [3.05, 3.63) is 77.6 Å². The Morgan fingerprint density at radius 3 is 2.65 bits per heavy atom. The molecule has 1 amide bonds. The Labute approximate surface area is 152 Å². The molecule has 0 fully saturated rings. The molecule has 1 N–H and O–H groups in total. The fourth-order valence-electron chi connectivity index (χ4n) is 2.65. The highest BCUT2D eigenvalue weighted by molar-refractivity contribution is 5.93. The first-order chi connectivity index (χ1) is 12.7. The number of amides is 1. The first-order valence-electron chi connectivity index (χ1n) is 8.61. The van der Waals surface area contributed by atoms with Gasteiger partial charge in [-0.2, -0.15) is 0 Å². The van der Waals surface area contributed by atoms with Gasteiger partial charge in [0.25, 0.3) is 5.91 Å². The van der Waals surface area contributed by atoms with Gasteiger partial charge in [-0.1, -0.05) is 30.3 Å². The number of hydrogen-bond acceptors (Lipinski definition) is 5. The number of rotatable bonds is 7. The Bertz CT molecular complexity index is 848. The minimum Gasteiger partial charge on any atom is -0.467 e. The largest absolute Gasteiger partial charge is 0.467 e. The van der Waals surface area contributed by atoms with Gasteiger partial charge in [-0.25, -0.2) is 9.97 Å². The van der Waals surface area contributed by atoms with Gasteiger partial charge in [0.1, 0.15) is 23.1 Å². The number of nitrogens with zero attached hydrogens (tertiary/aromatic N) is 3. The van der Waals surface area contributed by atoms with E-state index in [9.17, 15) is 4.79 Å². The Morgan fingerprint density at radius 2 is 1.96 bits per heavy atom. The van der Waals surface area contributed by atoms with Crippen molar-refractivity contribution in [2.24, 2.45) is 0 Å². The summed E-state index contributed by atoms with van der Waals surface area (Å²) in [6.07, 6.45) is 1.62. The lowest BCUT2D eigenvalue weighted by molar-refractivity contribution is 0.0746. The molecule has 0 saturated carbocycles. The fraction of sp³-hybridized carbons (Fsp3) is 0.250. The maximum absolute atomic E-state index is 12.9. The minimum absolute atomic E-state index is 0.108. The average Bonchev–Trinajstić information content (AvgIpc) is 3.18. The van der Waals surface area contributed by atoms with E-state index in [1.807, 2.05) is 49.4 Å². The van der Waals surface area contributed by atoms with Crippen molar-refractivity contribution < 1.29 is 9.21 Å². The minimum atomic E-state index is -0.108. The van der Waals surface area contributed by atoms with E-state index in [-0.39, 0.29) is 5.91 Å². The normalized spacial score (nSPS) is 10.5. The lowest BCUT2D eigenvalue weighted by atomic mass is 10.2. The van der Waals surface area contributed by atoms with Crippen LogP contribution in [0.1, 0.15) is 34.6 Å². The molecule has 3 rings (SSSR count). The van der Waals surface area contributed by atoms with Gasteiger partial charge in [-0.15, -0.1) is 0 Å². The van der Waals surface area contributed by atoms with E-state index in [0.29, 0.717) is 37.0 Å².